The Labute approximate surface area is 88.4 Å². The van der Waals surface area contributed by atoms with Crippen LogP contribution in [-0.2, 0) is 11.2 Å². The molecule has 0 spiro atoms. The third kappa shape index (κ3) is 2.10. The first kappa shape index (κ1) is 9.98. The number of para-hydroxylation sites is 1. The van der Waals surface area contributed by atoms with Crippen molar-refractivity contribution in [2.24, 2.45) is 5.73 Å². The third-order valence-electron chi connectivity index (χ3n) is 2.39. The van der Waals surface area contributed by atoms with Crippen molar-refractivity contribution in [2.45, 2.75) is 12.8 Å². The molecule has 0 unspecified atom stereocenters. The SMILES string of the molecule is NCCCc1cccc2c1NC(=O)CO2. The number of ether oxygens (including phenoxy) is 1. The van der Waals surface area contributed by atoms with Crippen LogP contribution >= 0.6 is 0 Å². The van der Waals surface area contributed by atoms with Crippen molar-refractivity contribution in [2.75, 3.05) is 18.5 Å². The molecule has 0 fully saturated rings. The zero-order chi connectivity index (χ0) is 10.7. The maximum atomic E-state index is 11.2. The smallest absolute Gasteiger partial charge is 0.262 e. The summed E-state index contributed by atoms with van der Waals surface area (Å²) in [5.74, 6) is 0.659. The predicted molar refractivity (Wildman–Crippen MR) is 57.9 cm³/mol. The van der Waals surface area contributed by atoms with E-state index in [0.29, 0.717) is 6.54 Å². The average molecular weight is 206 g/mol. The number of hydrogen-bond acceptors (Lipinski definition) is 3. The predicted octanol–water partition coefficient (Wildman–Crippen LogP) is 0.909. The van der Waals surface area contributed by atoms with Gasteiger partial charge in [0.15, 0.2) is 6.61 Å². The van der Waals surface area contributed by atoms with Crippen molar-refractivity contribution >= 4 is 11.6 Å². The lowest BCUT2D eigenvalue weighted by atomic mass is 10.1. The molecule has 1 aromatic rings. The van der Waals surface area contributed by atoms with E-state index >= 15 is 0 Å². The molecule has 0 saturated heterocycles. The van der Waals surface area contributed by atoms with Crippen LogP contribution in [0.5, 0.6) is 5.75 Å². The van der Waals surface area contributed by atoms with Gasteiger partial charge in [-0.05, 0) is 31.0 Å². The van der Waals surface area contributed by atoms with Crippen LogP contribution in [0, 0.1) is 0 Å². The molecule has 4 heteroatoms. The van der Waals surface area contributed by atoms with Crippen LogP contribution in [-0.4, -0.2) is 19.1 Å². The van der Waals surface area contributed by atoms with Gasteiger partial charge in [-0.15, -0.1) is 0 Å². The van der Waals surface area contributed by atoms with E-state index in [1.807, 2.05) is 18.2 Å². The Balaban J connectivity index is 2.27. The minimum atomic E-state index is -0.0947. The lowest BCUT2D eigenvalue weighted by Gasteiger charge is -2.20. The number of aryl methyl sites for hydroxylation is 1. The van der Waals surface area contributed by atoms with Crippen LogP contribution < -0.4 is 15.8 Å². The quantitative estimate of drug-likeness (QED) is 0.772. The maximum Gasteiger partial charge on any atom is 0.262 e. The van der Waals surface area contributed by atoms with E-state index in [1.165, 1.54) is 0 Å². The Morgan fingerprint density at radius 1 is 1.47 bits per heavy atom. The molecule has 1 amide bonds. The van der Waals surface area contributed by atoms with E-state index in [0.717, 1.165) is 29.8 Å². The molecule has 1 aliphatic rings. The fourth-order valence-corrected chi connectivity index (χ4v) is 1.66. The molecule has 2 rings (SSSR count). The van der Waals surface area contributed by atoms with Gasteiger partial charge in [-0.25, -0.2) is 0 Å². The van der Waals surface area contributed by atoms with E-state index in [1.54, 1.807) is 0 Å². The van der Waals surface area contributed by atoms with Crippen molar-refractivity contribution in [3.05, 3.63) is 23.8 Å². The van der Waals surface area contributed by atoms with Crippen LogP contribution in [0.25, 0.3) is 0 Å². The molecule has 1 aliphatic heterocycles. The van der Waals surface area contributed by atoms with Crippen LogP contribution in [0.3, 0.4) is 0 Å². The molecule has 0 aliphatic carbocycles. The number of carbonyl (C=O) groups is 1. The van der Waals surface area contributed by atoms with E-state index in [9.17, 15) is 4.79 Å². The van der Waals surface area contributed by atoms with Crippen molar-refractivity contribution in [1.82, 2.24) is 0 Å². The number of nitrogens with one attached hydrogen (secondary N) is 1. The first-order valence-corrected chi connectivity index (χ1v) is 5.06. The second-order valence-electron chi connectivity index (χ2n) is 3.52. The zero-order valence-corrected chi connectivity index (χ0v) is 8.45. The van der Waals surface area contributed by atoms with Crippen molar-refractivity contribution in [3.63, 3.8) is 0 Å². The summed E-state index contributed by atoms with van der Waals surface area (Å²) in [7, 11) is 0. The van der Waals surface area contributed by atoms with Gasteiger partial charge in [0.1, 0.15) is 5.75 Å². The molecule has 0 saturated carbocycles. The molecule has 15 heavy (non-hydrogen) atoms. The monoisotopic (exact) mass is 206 g/mol. The highest BCUT2D eigenvalue weighted by molar-refractivity contribution is 5.96. The summed E-state index contributed by atoms with van der Waals surface area (Å²) in [5, 5.41) is 2.83. The first-order chi connectivity index (χ1) is 7.31. The summed E-state index contributed by atoms with van der Waals surface area (Å²) in [6.45, 7) is 0.756. The number of rotatable bonds is 3. The van der Waals surface area contributed by atoms with Gasteiger partial charge < -0.3 is 15.8 Å². The summed E-state index contributed by atoms with van der Waals surface area (Å²) in [5.41, 5.74) is 7.36. The van der Waals surface area contributed by atoms with Crippen LogP contribution in [0.4, 0.5) is 5.69 Å². The number of nitrogens with two attached hydrogens (primary N) is 1. The largest absolute Gasteiger partial charge is 0.482 e. The molecule has 1 heterocycles. The molecular weight excluding hydrogens is 192 g/mol. The number of carbonyl (C=O) groups excluding carboxylic acids is 1. The normalized spacial score (nSPS) is 14.1. The standard InChI is InChI=1S/C11H14N2O2/c12-6-2-4-8-3-1-5-9-11(8)13-10(14)7-15-9/h1,3,5H,2,4,6-7,12H2,(H,13,14). The molecule has 0 atom stereocenters. The minimum Gasteiger partial charge on any atom is -0.482 e. The van der Waals surface area contributed by atoms with Gasteiger partial charge in [0.25, 0.3) is 5.91 Å². The number of anilines is 1. The lowest BCUT2D eigenvalue weighted by molar-refractivity contribution is -0.118. The second kappa shape index (κ2) is 4.31. The summed E-state index contributed by atoms with van der Waals surface area (Å²) < 4.78 is 5.31. The molecule has 0 bridgehead atoms. The zero-order valence-electron chi connectivity index (χ0n) is 8.45. The maximum absolute atomic E-state index is 11.2. The van der Waals surface area contributed by atoms with Gasteiger partial charge in [0.2, 0.25) is 0 Å². The number of hydrogen-bond donors (Lipinski definition) is 2. The van der Waals surface area contributed by atoms with E-state index in [4.69, 9.17) is 10.5 Å². The lowest BCUT2D eigenvalue weighted by Crippen LogP contribution is -2.26. The number of benzene rings is 1. The van der Waals surface area contributed by atoms with Gasteiger partial charge >= 0.3 is 0 Å². The Morgan fingerprint density at radius 3 is 3.13 bits per heavy atom. The van der Waals surface area contributed by atoms with E-state index < -0.39 is 0 Å². The van der Waals surface area contributed by atoms with Crippen LogP contribution in [0.15, 0.2) is 18.2 Å². The molecule has 3 N–H and O–H groups in total. The Kier molecular flexibility index (Phi) is 2.87. The van der Waals surface area contributed by atoms with Crippen molar-refractivity contribution in [1.29, 1.82) is 0 Å². The highest BCUT2D eigenvalue weighted by atomic mass is 16.5. The van der Waals surface area contributed by atoms with Crippen molar-refractivity contribution < 1.29 is 9.53 Å². The van der Waals surface area contributed by atoms with Gasteiger partial charge in [0.05, 0.1) is 5.69 Å². The van der Waals surface area contributed by atoms with Crippen LogP contribution in [0.1, 0.15) is 12.0 Å². The fraction of sp³-hybridized carbons (Fsp3) is 0.364. The minimum absolute atomic E-state index is 0.0947. The Hall–Kier alpha value is -1.55. The summed E-state index contributed by atoms with van der Waals surface area (Å²) in [6.07, 6.45) is 1.77. The van der Waals surface area contributed by atoms with E-state index in [2.05, 4.69) is 5.32 Å². The van der Waals surface area contributed by atoms with Crippen LogP contribution in [0.2, 0.25) is 0 Å². The second-order valence-corrected chi connectivity index (χ2v) is 3.52. The molecule has 1 aromatic carbocycles. The molecule has 4 nitrogen and oxygen atoms in total. The highest BCUT2D eigenvalue weighted by Gasteiger charge is 2.18. The number of amides is 1. The highest BCUT2D eigenvalue weighted by Crippen LogP contribution is 2.31. The van der Waals surface area contributed by atoms with Gasteiger partial charge in [-0.1, -0.05) is 12.1 Å². The molecule has 0 radical (unpaired) electrons. The number of fused-ring (bicyclic) bond motifs is 1. The summed E-state index contributed by atoms with van der Waals surface area (Å²) in [6, 6.07) is 5.78. The third-order valence-corrected chi connectivity index (χ3v) is 2.39. The molecule has 80 valence electrons. The van der Waals surface area contributed by atoms with Gasteiger partial charge in [-0.2, -0.15) is 0 Å². The summed E-state index contributed by atoms with van der Waals surface area (Å²) in [4.78, 5) is 11.2. The first-order valence-electron chi connectivity index (χ1n) is 5.06. The molecular formula is C11H14N2O2. The Bertz CT molecular complexity index is 377. The van der Waals surface area contributed by atoms with Gasteiger partial charge in [0, 0.05) is 0 Å². The van der Waals surface area contributed by atoms with Crippen molar-refractivity contribution in [3.8, 4) is 5.75 Å². The fourth-order valence-electron chi connectivity index (χ4n) is 1.66. The summed E-state index contributed by atoms with van der Waals surface area (Å²) >= 11 is 0. The average Bonchev–Trinajstić information content (AvgIpc) is 2.26. The Morgan fingerprint density at radius 2 is 2.33 bits per heavy atom. The topological polar surface area (TPSA) is 64.3 Å². The van der Waals surface area contributed by atoms with Gasteiger partial charge in [-0.3, -0.25) is 4.79 Å². The molecule has 0 aromatic heterocycles. The van der Waals surface area contributed by atoms with E-state index in [-0.39, 0.29) is 12.5 Å².